The number of rotatable bonds is 5. The Kier molecular flexibility index (Phi) is 4.98. The zero-order valence-corrected chi connectivity index (χ0v) is 15.5. The molecule has 1 aromatic heterocycles. The van der Waals surface area contributed by atoms with E-state index in [2.05, 4.69) is 20.9 Å². The molecule has 0 spiro atoms. The highest BCUT2D eigenvalue weighted by Gasteiger charge is 2.27. The van der Waals surface area contributed by atoms with Crippen LogP contribution in [0, 0.1) is 5.82 Å². The lowest BCUT2D eigenvalue weighted by molar-refractivity contribution is 0.585. The number of halogens is 2. The Morgan fingerprint density at radius 2 is 1.92 bits per heavy atom. The van der Waals surface area contributed by atoms with Gasteiger partial charge in [-0.3, -0.25) is 0 Å². The predicted octanol–water partition coefficient (Wildman–Crippen LogP) is 4.44. The normalized spacial score (nSPS) is 11.4. The molecule has 1 heterocycles. The van der Waals surface area contributed by atoms with E-state index in [-0.39, 0.29) is 17.0 Å². The van der Waals surface area contributed by atoms with Gasteiger partial charge < -0.3 is 0 Å². The molecule has 2 aromatic carbocycles. The summed E-state index contributed by atoms with van der Waals surface area (Å²) >= 11 is 4.47. The average molecular weight is 427 g/mol. The minimum atomic E-state index is -3.85. The van der Waals surface area contributed by atoms with Gasteiger partial charge in [0.05, 0.1) is 11.4 Å². The van der Waals surface area contributed by atoms with Gasteiger partial charge in [0, 0.05) is 21.6 Å². The van der Waals surface area contributed by atoms with Crippen LogP contribution in [0.2, 0.25) is 0 Å². The minimum Gasteiger partial charge on any atom is -0.236 e. The molecule has 0 aliphatic heterocycles. The SMILES string of the molecule is O=S(=O)(c1ccccc1)N(Cc1cc(Br)ccc1F)c1nccs1. The van der Waals surface area contributed by atoms with Crippen LogP contribution >= 0.6 is 27.3 Å². The van der Waals surface area contributed by atoms with Gasteiger partial charge in [-0.05, 0) is 30.3 Å². The quantitative estimate of drug-likeness (QED) is 0.605. The largest absolute Gasteiger partial charge is 0.266 e. The Morgan fingerprint density at radius 3 is 2.58 bits per heavy atom. The van der Waals surface area contributed by atoms with Gasteiger partial charge in [-0.15, -0.1) is 11.3 Å². The second kappa shape index (κ2) is 7.00. The Balaban J connectivity index is 2.07. The van der Waals surface area contributed by atoms with E-state index in [0.29, 0.717) is 9.60 Å². The van der Waals surface area contributed by atoms with E-state index in [0.717, 1.165) is 4.31 Å². The summed E-state index contributed by atoms with van der Waals surface area (Å²) < 4.78 is 41.9. The van der Waals surface area contributed by atoms with Crippen molar-refractivity contribution < 1.29 is 12.8 Å². The lowest BCUT2D eigenvalue weighted by Crippen LogP contribution is -2.30. The second-order valence-electron chi connectivity index (χ2n) is 4.88. The first-order valence-corrected chi connectivity index (χ1v) is 10.0. The third kappa shape index (κ3) is 3.50. The van der Waals surface area contributed by atoms with E-state index in [1.807, 2.05) is 0 Å². The molecular formula is C16H12BrFN2O2S2. The van der Waals surface area contributed by atoms with Gasteiger partial charge in [-0.25, -0.2) is 22.1 Å². The van der Waals surface area contributed by atoms with Crippen molar-refractivity contribution in [1.29, 1.82) is 0 Å². The molecule has 3 rings (SSSR count). The van der Waals surface area contributed by atoms with Gasteiger partial charge in [-0.1, -0.05) is 34.1 Å². The molecule has 0 saturated carbocycles. The van der Waals surface area contributed by atoms with Crippen molar-refractivity contribution in [3.05, 3.63) is 76.0 Å². The van der Waals surface area contributed by atoms with Crippen LogP contribution in [-0.2, 0) is 16.6 Å². The molecule has 4 nitrogen and oxygen atoms in total. The maximum absolute atomic E-state index is 14.1. The van der Waals surface area contributed by atoms with Crippen molar-refractivity contribution in [2.75, 3.05) is 4.31 Å². The summed E-state index contributed by atoms with van der Waals surface area (Å²) in [5.41, 5.74) is 0.263. The third-order valence-electron chi connectivity index (χ3n) is 3.29. The Morgan fingerprint density at radius 1 is 1.17 bits per heavy atom. The summed E-state index contributed by atoms with van der Waals surface area (Å²) in [6, 6.07) is 12.5. The van der Waals surface area contributed by atoms with Crippen molar-refractivity contribution in [3.8, 4) is 0 Å². The smallest absolute Gasteiger partial charge is 0.236 e. The molecular weight excluding hydrogens is 415 g/mol. The van der Waals surface area contributed by atoms with Crippen LogP contribution < -0.4 is 4.31 Å². The van der Waals surface area contributed by atoms with Gasteiger partial charge in [0.25, 0.3) is 10.0 Å². The molecule has 0 atom stereocenters. The third-order valence-corrected chi connectivity index (χ3v) is 6.44. The Bertz CT molecular complexity index is 932. The molecule has 0 N–H and O–H groups in total. The first-order chi connectivity index (χ1) is 11.5. The Labute approximate surface area is 151 Å². The van der Waals surface area contributed by atoms with Crippen LogP contribution in [0.4, 0.5) is 9.52 Å². The number of thiazole rings is 1. The van der Waals surface area contributed by atoms with Crippen molar-refractivity contribution >= 4 is 42.4 Å². The maximum atomic E-state index is 14.1. The zero-order valence-electron chi connectivity index (χ0n) is 12.3. The summed E-state index contributed by atoms with van der Waals surface area (Å²) in [7, 11) is -3.85. The molecule has 0 radical (unpaired) electrons. The van der Waals surface area contributed by atoms with Crippen molar-refractivity contribution in [2.45, 2.75) is 11.4 Å². The van der Waals surface area contributed by atoms with Crippen LogP contribution in [0.5, 0.6) is 0 Å². The standard InChI is InChI=1S/C16H12BrFN2O2S2/c17-13-6-7-15(18)12(10-13)11-20(16-19-8-9-23-16)24(21,22)14-4-2-1-3-5-14/h1-10H,11H2. The molecule has 0 saturated heterocycles. The van der Waals surface area contributed by atoms with E-state index in [1.54, 1.807) is 35.7 Å². The number of hydrogen-bond acceptors (Lipinski definition) is 4. The lowest BCUT2D eigenvalue weighted by Gasteiger charge is -2.22. The monoisotopic (exact) mass is 426 g/mol. The van der Waals surface area contributed by atoms with Crippen molar-refractivity contribution in [2.24, 2.45) is 0 Å². The van der Waals surface area contributed by atoms with Crippen LogP contribution in [0.25, 0.3) is 0 Å². The molecule has 0 aliphatic carbocycles. The summed E-state index contributed by atoms with van der Waals surface area (Å²) in [4.78, 5) is 4.22. The fourth-order valence-electron chi connectivity index (χ4n) is 2.13. The number of hydrogen-bond donors (Lipinski definition) is 0. The summed E-state index contributed by atoms with van der Waals surface area (Å²) in [5, 5.41) is 1.97. The number of benzene rings is 2. The van der Waals surface area contributed by atoms with Crippen LogP contribution in [0.1, 0.15) is 5.56 Å². The highest BCUT2D eigenvalue weighted by atomic mass is 79.9. The predicted molar refractivity (Wildman–Crippen MR) is 96.0 cm³/mol. The van der Waals surface area contributed by atoms with Gasteiger partial charge >= 0.3 is 0 Å². The molecule has 0 aliphatic rings. The summed E-state index contributed by atoms with van der Waals surface area (Å²) in [6.45, 7) is -0.143. The van der Waals surface area contributed by atoms with Gasteiger partial charge in [0.1, 0.15) is 5.82 Å². The lowest BCUT2D eigenvalue weighted by atomic mass is 10.2. The zero-order chi connectivity index (χ0) is 17.2. The van der Waals surface area contributed by atoms with Gasteiger partial charge in [-0.2, -0.15) is 0 Å². The number of anilines is 1. The summed E-state index contributed by atoms with van der Waals surface area (Å²) in [6.07, 6.45) is 1.52. The highest BCUT2D eigenvalue weighted by Crippen LogP contribution is 2.28. The van der Waals surface area contributed by atoms with Crippen LogP contribution in [0.15, 0.2) is 69.5 Å². The van der Waals surface area contributed by atoms with Crippen molar-refractivity contribution in [3.63, 3.8) is 0 Å². The highest BCUT2D eigenvalue weighted by molar-refractivity contribution is 9.10. The first-order valence-electron chi connectivity index (χ1n) is 6.90. The first kappa shape index (κ1) is 17.1. The van der Waals surface area contributed by atoms with E-state index >= 15 is 0 Å². The van der Waals surface area contributed by atoms with E-state index < -0.39 is 15.8 Å². The maximum Gasteiger partial charge on any atom is 0.266 e. The molecule has 0 amide bonds. The molecule has 24 heavy (non-hydrogen) atoms. The fraction of sp³-hybridized carbons (Fsp3) is 0.0625. The van der Waals surface area contributed by atoms with Gasteiger partial charge in [0.15, 0.2) is 5.13 Å². The van der Waals surface area contributed by atoms with Crippen LogP contribution in [-0.4, -0.2) is 13.4 Å². The van der Waals surface area contributed by atoms with E-state index in [4.69, 9.17) is 0 Å². The second-order valence-corrected chi connectivity index (χ2v) is 8.53. The molecule has 8 heteroatoms. The molecule has 0 bridgehead atoms. The van der Waals surface area contributed by atoms with Crippen molar-refractivity contribution in [1.82, 2.24) is 4.98 Å². The van der Waals surface area contributed by atoms with Crippen LogP contribution in [0.3, 0.4) is 0 Å². The minimum absolute atomic E-state index is 0.135. The number of sulfonamides is 1. The summed E-state index contributed by atoms with van der Waals surface area (Å²) in [5.74, 6) is -0.469. The fourth-order valence-corrected chi connectivity index (χ4v) is 4.83. The van der Waals surface area contributed by atoms with E-state index in [1.165, 1.54) is 35.7 Å². The molecule has 124 valence electrons. The topological polar surface area (TPSA) is 50.3 Å². The number of nitrogens with zero attached hydrogens (tertiary/aromatic N) is 2. The molecule has 3 aromatic rings. The average Bonchev–Trinajstić information content (AvgIpc) is 3.10. The molecule has 0 fully saturated rings. The number of aromatic nitrogens is 1. The van der Waals surface area contributed by atoms with E-state index in [9.17, 15) is 12.8 Å². The molecule has 0 unspecified atom stereocenters. The Hall–Kier alpha value is -1.77. The van der Waals surface area contributed by atoms with Gasteiger partial charge in [0.2, 0.25) is 0 Å².